The second-order valence-corrected chi connectivity index (χ2v) is 3.79. The Morgan fingerprint density at radius 1 is 1.19 bits per heavy atom. The van der Waals surface area contributed by atoms with Crippen molar-refractivity contribution >= 4 is 28.1 Å². The van der Waals surface area contributed by atoms with Crippen LogP contribution in [0.4, 0.5) is 0 Å². The first kappa shape index (κ1) is 9.09. The van der Waals surface area contributed by atoms with Crippen molar-refractivity contribution in [3.63, 3.8) is 0 Å². The molecule has 0 saturated carbocycles. The molecule has 0 amide bonds. The SMILES string of the molecule is Cn1c2ccccc2c2ccnc(C=O)c21. The first-order chi connectivity index (χ1) is 7.83. The van der Waals surface area contributed by atoms with Crippen molar-refractivity contribution in [1.29, 1.82) is 0 Å². The Kier molecular flexibility index (Phi) is 1.80. The second kappa shape index (κ2) is 3.17. The van der Waals surface area contributed by atoms with Crippen molar-refractivity contribution < 1.29 is 4.79 Å². The number of aldehydes is 1. The first-order valence-electron chi connectivity index (χ1n) is 5.10. The topological polar surface area (TPSA) is 34.9 Å². The standard InChI is InChI=1S/C13H10N2O/c1-15-12-5-3-2-4-9(12)10-6-7-14-11(8-16)13(10)15/h2-8H,1H3. The lowest BCUT2D eigenvalue weighted by Crippen LogP contribution is -1.93. The number of aryl methyl sites for hydroxylation is 1. The van der Waals surface area contributed by atoms with E-state index in [2.05, 4.69) is 11.1 Å². The lowest BCUT2D eigenvalue weighted by molar-refractivity contribution is 0.112. The zero-order valence-corrected chi connectivity index (χ0v) is 8.84. The molecule has 0 N–H and O–H groups in total. The predicted molar refractivity (Wildman–Crippen MR) is 63.6 cm³/mol. The van der Waals surface area contributed by atoms with Gasteiger partial charge in [-0.05, 0) is 12.1 Å². The largest absolute Gasteiger partial charge is 0.342 e. The van der Waals surface area contributed by atoms with Gasteiger partial charge in [0.05, 0.1) is 5.52 Å². The molecule has 3 rings (SSSR count). The van der Waals surface area contributed by atoms with E-state index in [1.807, 2.05) is 35.9 Å². The van der Waals surface area contributed by atoms with Crippen molar-refractivity contribution in [3.8, 4) is 0 Å². The Morgan fingerprint density at radius 2 is 2.00 bits per heavy atom. The Balaban J connectivity index is 2.66. The van der Waals surface area contributed by atoms with Gasteiger partial charge in [0, 0.05) is 29.5 Å². The smallest absolute Gasteiger partial charge is 0.170 e. The summed E-state index contributed by atoms with van der Waals surface area (Å²) in [5.41, 5.74) is 2.52. The maximum absolute atomic E-state index is 11.0. The normalized spacial score (nSPS) is 11.1. The summed E-state index contributed by atoms with van der Waals surface area (Å²) >= 11 is 0. The fourth-order valence-electron chi connectivity index (χ4n) is 2.24. The number of pyridine rings is 1. The molecule has 2 heterocycles. The molecule has 0 fully saturated rings. The van der Waals surface area contributed by atoms with Crippen LogP contribution >= 0.6 is 0 Å². The quantitative estimate of drug-likeness (QED) is 0.578. The fraction of sp³-hybridized carbons (Fsp3) is 0.0769. The van der Waals surface area contributed by atoms with Crippen LogP contribution in [-0.2, 0) is 7.05 Å². The number of nitrogens with zero attached hydrogens (tertiary/aromatic N) is 2. The van der Waals surface area contributed by atoms with E-state index < -0.39 is 0 Å². The average Bonchev–Trinajstić information content (AvgIpc) is 2.64. The molecule has 1 aromatic carbocycles. The van der Waals surface area contributed by atoms with E-state index in [4.69, 9.17) is 0 Å². The van der Waals surface area contributed by atoms with E-state index in [9.17, 15) is 4.79 Å². The molecule has 3 heteroatoms. The third kappa shape index (κ3) is 1.03. The summed E-state index contributed by atoms with van der Waals surface area (Å²) in [6.45, 7) is 0. The number of carbonyl (C=O) groups excluding carboxylic acids is 1. The number of para-hydroxylation sites is 1. The van der Waals surface area contributed by atoms with Gasteiger partial charge in [0.1, 0.15) is 5.69 Å². The van der Waals surface area contributed by atoms with Crippen LogP contribution in [0.25, 0.3) is 21.8 Å². The van der Waals surface area contributed by atoms with Crippen LogP contribution in [0.1, 0.15) is 10.5 Å². The van der Waals surface area contributed by atoms with Gasteiger partial charge in [0.25, 0.3) is 0 Å². The number of fused-ring (bicyclic) bond motifs is 3. The van der Waals surface area contributed by atoms with Gasteiger partial charge >= 0.3 is 0 Å². The van der Waals surface area contributed by atoms with E-state index in [1.165, 1.54) is 0 Å². The predicted octanol–water partition coefficient (Wildman–Crippen LogP) is 2.54. The van der Waals surface area contributed by atoms with E-state index in [-0.39, 0.29) is 0 Å². The van der Waals surface area contributed by atoms with Crippen LogP contribution in [0.2, 0.25) is 0 Å². The molecule has 2 aromatic heterocycles. The van der Waals surface area contributed by atoms with Crippen molar-refractivity contribution in [2.24, 2.45) is 7.05 Å². The van der Waals surface area contributed by atoms with Gasteiger partial charge in [-0.1, -0.05) is 18.2 Å². The third-order valence-electron chi connectivity index (χ3n) is 2.96. The van der Waals surface area contributed by atoms with Crippen LogP contribution in [0, 0.1) is 0 Å². The Morgan fingerprint density at radius 3 is 2.81 bits per heavy atom. The van der Waals surface area contributed by atoms with Crippen molar-refractivity contribution in [1.82, 2.24) is 9.55 Å². The third-order valence-corrected chi connectivity index (χ3v) is 2.96. The zero-order valence-electron chi connectivity index (χ0n) is 8.84. The maximum Gasteiger partial charge on any atom is 0.170 e. The molecule has 0 spiro atoms. The van der Waals surface area contributed by atoms with Crippen LogP contribution < -0.4 is 0 Å². The minimum atomic E-state index is 0.496. The summed E-state index contributed by atoms with van der Waals surface area (Å²) in [5.74, 6) is 0. The zero-order chi connectivity index (χ0) is 11.1. The number of rotatable bonds is 1. The molecule has 0 aliphatic rings. The van der Waals surface area contributed by atoms with Gasteiger partial charge in [-0.15, -0.1) is 0 Å². The van der Waals surface area contributed by atoms with E-state index in [0.717, 1.165) is 28.1 Å². The summed E-state index contributed by atoms with van der Waals surface area (Å²) in [7, 11) is 1.96. The van der Waals surface area contributed by atoms with Gasteiger partial charge in [-0.3, -0.25) is 9.78 Å². The molecule has 16 heavy (non-hydrogen) atoms. The number of hydrogen-bond donors (Lipinski definition) is 0. The summed E-state index contributed by atoms with van der Waals surface area (Å²) in [5, 5.41) is 2.24. The molecule has 0 aliphatic carbocycles. The van der Waals surface area contributed by atoms with Crippen molar-refractivity contribution in [2.75, 3.05) is 0 Å². The molecular formula is C13H10N2O. The van der Waals surface area contributed by atoms with E-state index >= 15 is 0 Å². The molecule has 0 unspecified atom stereocenters. The van der Waals surface area contributed by atoms with E-state index in [0.29, 0.717) is 5.69 Å². The van der Waals surface area contributed by atoms with Gasteiger partial charge in [0.15, 0.2) is 6.29 Å². The molecule has 78 valence electrons. The van der Waals surface area contributed by atoms with Crippen molar-refractivity contribution in [3.05, 3.63) is 42.2 Å². The highest BCUT2D eigenvalue weighted by Crippen LogP contribution is 2.28. The number of aromatic nitrogens is 2. The highest BCUT2D eigenvalue weighted by Gasteiger charge is 2.10. The Labute approximate surface area is 92.3 Å². The molecule has 3 nitrogen and oxygen atoms in total. The highest BCUT2D eigenvalue weighted by molar-refractivity contribution is 6.11. The van der Waals surface area contributed by atoms with Gasteiger partial charge in [-0.25, -0.2) is 0 Å². The van der Waals surface area contributed by atoms with Gasteiger partial charge in [-0.2, -0.15) is 0 Å². The number of hydrogen-bond acceptors (Lipinski definition) is 2. The van der Waals surface area contributed by atoms with Gasteiger partial charge < -0.3 is 4.57 Å². The van der Waals surface area contributed by atoms with Crippen LogP contribution in [-0.4, -0.2) is 15.8 Å². The lowest BCUT2D eigenvalue weighted by atomic mass is 10.2. The molecule has 0 atom stereocenters. The summed E-state index contributed by atoms with van der Waals surface area (Å²) < 4.78 is 2.02. The number of carbonyl (C=O) groups is 1. The first-order valence-corrected chi connectivity index (χ1v) is 5.10. The second-order valence-electron chi connectivity index (χ2n) is 3.79. The summed E-state index contributed by atoms with van der Waals surface area (Å²) in [6, 6.07) is 10.1. The summed E-state index contributed by atoms with van der Waals surface area (Å²) in [4.78, 5) is 15.1. The monoisotopic (exact) mass is 210 g/mol. The van der Waals surface area contributed by atoms with Crippen LogP contribution in [0.5, 0.6) is 0 Å². The van der Waals surface area contributed by atoms with Crippen LogP contribution in [0.3, 0.4) is 0 Å². The maximum atomic E-state index is 11.0. The Hall–Kier alpha value is -2.16. The fourth-order valence-corrected chi connectivity index (χ4v) is 2.24. The van der Waals surface area contributed by atoms with Crippen molar-refractivity contribution in [2.45, 2.75) is 0 Å². The molecular weight excluding hydrogens is 200 g/mol. The molecule has 0 aliphatic heterocycles. The van der Waals surface area contributed by atoms with E-state index in [1.54, 1.807) is 6.20 Å². The highest BCUT2D eigenvalue weighted by atomic mass is 16.1. The van der Waals surface area contributed by atoms with Gasteiger partial charge in [0.2, 0.25) is 0 Å². The minimum Gasteiger partial charge on any atom is -0.342 e. The minimum absolute atomic E-state index is 0.496. The average molecular weight is 210 g/mol. The van der Waals surface area contributed by atoms with Crippen LogP contribution in [0.15, 0.2) is 36.5 Å². The molecule has 0 bridgehead atoms. The Bertz CT molecular complexity index is 698. The molecule has 0 radical (unpaired) electrons. The molecule has 3 aromatic rings. The summed E-state index contributed by atoms with van der Waals surface area (Å²) in [6.07, 6.45) is 2.49. The number of benzene rings is 1. The molecule has 0 saturated heterocycles. The lowest BCUT2D eigenvalue weighted by Gasteiger charge is -1.98.